The topological polar surface area (TPSA) is 26.7 Å². The number of hydrogen-bond acceptors (Lipinski definition) is 3. The SMILES string of the molecule is CC1(C)CC(c2ccccc2N2CCN(C[C@@H]3C[C@@H]3CO)CC2)CC(C)(C)C1. The van der Waals surface area contributed by atoms with Crippen LogP contribution in [0.2, 0.25) is 0 Å². The Labute approximate surface area is 172 Å². The Morgan fingerprint density at radius 2 is 1.57 bits per heavy atom. The van der Waals surface area contributed by atoms with Crippen LogP contribution in [-0.2, 0) is 0 Å². The second kappa shape index (κ2) is 7.65. The second-order valence-corrected chi connectivity index (χ2v) is 11.4. The fourth-order valence-corrected chi connectivity index (χ4v) is 6.45. The molecule has 2 atom stereocenters. The minimum absolute atomic E-state index is 0.381. The zero-order chi connectivity index (χ0) is 19.9. The predicted molar refractivity (Wildman–Crippen MR) is 118 cm³/mol. The zero-order valence-electron chi connectivity index (χ0n) is 18.5. The Bertz CT molecular complexity index is 659. The molecule has 0 spiro atoms. The van der Waals surface area contributed by atoms with E-state index in [1.54, 1.807) is 5.56 Å². The highest BCUT2D eigenvalue weighted by atomic mass is 16.3. The molecule has 28 heavy (non-hydrogen) atoms. The van der Waals surface area contributed by atoms with Gasteiger partial charge in [-0.3, -0.25) is 4.90 Å². The van der Waals surface area contributed by atoms with Crippen LogP contribution in [-0.4, -0.2) is 49.3 Å². The van der Waals surface area contributed by atoms with Crippen molar-refractivity contribution in [3.05, 3.63) is 29.8 Å². The third-order valence-electron chi connectivity index (χ3n) is 7.44. The summed E-state index contributed by atoms with van der Waals surface area (Å²) in [4.78, 5) is 5.25. The van der Waals surface area contributed by atoms with Crippen LogP contribution in [0.1, 0.15) is 64.9 Å². The molecule has 1 heterocycles. The van der Waals surface area contributed by atoms with Crippen molar-refractivity contribution in [3.8, 4) is 0 Å². The summed E-state index contributed by atoms with van der Waals surface area (Å²) in [5.41, 5.74) is 3.91. The Morgan fingerprint density at radius 3 is 2.18 bits per heavy atom. The van der Waals surface area contributed by atoms with Crippen LogP contribution in [0.25, 0.3) is 0 Å². The molecule has 156 valence electrons. The van der Waals surface area contributed by atoms with Crippen LogP contribution in [0.4, 0.5) is 5.69 Å². The summed E-state index contributed by atoms with van der Waals surface area (Å²) in [6.07, 6.45) is 5.16. The van der Waals surface area contributed by atoms with Crippen LogP contribution in [0.5, 0.6) is 0 Å². The number of anilines is 1. The average molecular weight is 385 g/mol. The molecule has 1 saturated heterocycles. The molecule has 3 nitrogen and oxygen atoms in total. The summed E-state index contributed by atoms with van der Waals surface area (Å²) in [6, 6.07) is 9.23. The van der Waals surface area contributed by atoms with Crippen LogP contribution >= 0.6 is 0 Å². The van der Waals surface area contributed by atoms with Gasteiger partial charge < -0.3 is 10.0 Å². The number of piperazine rings is 1. The maximum absolute atomic E-state index is 9.30. The lowest BCUT2D eigenvalue weighted by Gasteiger charge is -2.46. The maximum Gasteiger partial charge on any atom is 0.0462 e. The van der Waals surface area contributed by atoms with Crippen LogP contribution < -0.4 is 4.90 Å². The molecule has 0 bridgehead atoms. The average Bonchev–Trinajstić information content (AvgIpc) is 3.38. The van der Waals surface area contributed by atoms with Crippen LogP contribution in [0, 0.1) is 22.7 Å². The number of nitrogens with zero attached hydrogens (tertiary/aromatic N) is 2. The van der Waals surface area contributed by atoms with E-state index in [0.29, 0.717) is 29.3 Å². The Hall–Kier alpha value is -1.06. The van der Waals surface area contributed by atoms with E-state index in [4.69, 9.17) is 0 Å². The first-order valence-corrected chi connectivity index (χ1v) is 11.4. The molecule has 1 aliphatic heterocycles. The van der Waals surface area contributed by atoms with Crippen molar-refractivity contribution in [2.45, 2.75) is 59.3 Å². The van der Waals surface area contributed by atoms with Crippen molar-refractivity contribution in [2.24, 2.45) is 22.7 Å². The molecule has 3 fully saturated rings. The molecule has 1 aromatic carbocycles. The predicted octanol–water partition coefficient (Wildman–Crippen LogP) is 4.76. The summed E-state index contributed by atoms with van der Waals surface area (Å²) in [7, 11) is 0. The summed E-state index contributed by atoms with van der Waals surface area (Å²) in [6.45, 7) is 16.0. The maximum atomic E-state index is 9.30. The summed E-state index contributed by atoms with van der Waals surface area (Å²) in [5.74, 6) is 2.00. The van der Waals surface area contributed by atoms with Crippen molar-refractivity contribution in [1.29, 1.82) is 0 Å². The Morgan fingerprint density at radius 1 is 0.929 bits per heavy atom. The Balaban J connectivity index is 1.44. The van der Waals surface area contributed by atoms with Gasteiger partial charge in [0.1, 0.15) is 0 Å². The Kier molecular flexibility index (Phi) is 5.52. The summed E-state index contributed by atoms with van der Waals surface area (Å²) < 4.78 is 0. The van der Waals surface area contributed by atoms with Crippen molar-refractivity contribution in [2.75, 3.05) is 44.2 Å². The minimum Gasteiger partial charge on any atom is -0.396 e. The van der Waals surface area contributed by atoms with E-state index in [0.717, 1.165) is 32.1 Å². The lowest BCUT2D eigenvalue weighted by Crippen LogP contribution is -2.47. The third kappa shape index (κ3) is 4.57. The molecule has 0 aromatic heterocycles. The lowest BCUT2D eigenvalue weighted by atomic mass is 9.60. The highest BCUT2D eigenvalue weighted by Gasteiger charge is 2.40. The second-order valence-electron chi connectivity index (χ2n) is 11.4. The van der Waals surface area contributed by atoms with Gasteiger partial charge in [0.05, 0.1) is 0 Å². The van der Waals surface area contributed by atoms with E-state index in [2.05, 4.69) is 61.8 Å². The first kappa shape index (κ1) is 20.2. The summed E-state index contributed by atoms with van der Waals surface area (Å²) >= 11 is 0. The molecular formula is C25H40N2O. The largest absolute Gasteiger partial charge is 0.396 e. The van der Waals surface area contributed by atoms with Gasteiger partial charge in [-0.2, -0.15) is 0 Å². The van der Waals surface area contributed by atoms with Gasteiger partial charge in [0.15, 0.2) is 0 Å². The number of aliphatic hydroxyl groups is 1. The van der Waals surface area contributed by atoms with E-state index in [-0.39, 0.29) is 0 Å². The molecule has 3 aliphatic rings. The smallest absolute Gasteiger partial charge is 0.0462 e. The molecule has 4 rings (SSSR count). The van der Waals surface area contributed by atoms with Crippen molar-refractivity contribution >= 4 is 5.69 Å². The van der Waals surface area contributed by atoms with Gasteiger partial charge in [0, 0.05) is 45.0 Å². The molecule has 2 aliphatic carbocycles. The fourth-order valence-electron chi connectivity index (χ4n) is 6.45. The molecule has 0 radical (unpaired) electrons. The van der Waals surface area contributed by atoms with Gasteiger partial charge >= 0.3 is 0 Å². The minimum atomic E-state index is 0.381. The van der Waals surface area contributed by atoms with E-state index in [9.17, 15) is 5.11 Å². The quantitative estimate of drug-likeness (QED) is 0.793. The normalized spacial score (nSPS) is 30.4. The van der Waals surface area contributed by atoms with Crippen molar-refractivity contribution in [1.82, 2.24) is 4.90 Å². The lowest BCUT2D eigenvalue weighted by molar-refractivity contribution is 0.0970. The number of aliphatic hydroxyl groups excluding tert-OH is 1. The van der Waals surface area contributed by atoms with Gasteiger partial charge in [-0.15, -0.1) is 0 Å². The number of hydrogen-bond donors (Lipinski definition) is 1. The monoisotopic (exact) mass is 384 g/mol. The molecule has 3 heteroatoms. The van der Waals surface area contributed by atoms with Gasteiger partial charge in [-0.05, 0) is 65.9 Å². The van der Waals surface area contributed by atoms with Crippen molar-refractivity contribution in [3.63, 3.8) is 0 Å². The highest BCUT2D eigenvalue weighted by Crippen LogP contribution is 2.53. The summed E-state index contributed by atoms with van der Waals surface area (Å²) in [5, 5.41) is 9.30. The van der Waals surface area contributed by atoms with Gasteiger partial charge in [-0.1, -0.05) is 45.9 Å². The van der Waals surface area contributed by atoms with E-state index in [1.807, 2.05) is 0 Å². The molecule has 1 N–H and O–H groups in total. The first-order chi connectivity index (χ1) is 13.3. The number of para-hydroxylation sites is 1. The van der Waals surface area contributed by atoms with Gasteiger partial charge in [0.2, 0.25) is 0 Å². The molecule has 1 aromatic rings. The van der Waals surface area contributed by atoms with Gasteiger partial charge in [-0.25, -0.2) is 0 Å². The standard InChI is InChI=1S/C25H40N2O/c1-24(2)14-21(15-25(3,4)18-24)22-7-5-6-8-23(22)27-11-9-26(10-12-27)16-19-13-20(19)17-28/h5-8,19-21,28H,9-18H2,1-4H3/t19-,20+/m0/s1. The van der Waals surface area contributed by atoms with Crippen LogP contribution in [0.15, 0.2) is 24.3 Å². The van der Waals surface area contributed by atoms with Crippen LogP contribution in [0.3, 0.4) is 0 Å². The number of rotatable bonds is 5. The van der Waals surface area contributed by atoms with Gasteiger partial charge in [0.25, 0.3) is 0 Å². The molecule has 0 unspecified atom stereocenters. The van der Waals surface area contributed by atoms with Crippen molar-refractivity contribution < 1.29 is 5.11 Å². The molecule has 2 saturated carbocycles. The van der Waals surface area contributed by atoms with E-state index >= 15 is 0 Å². The highest BCUT2D eigenvalue weighted by molar-refractivity contribution is 5.56. The number of benzene rings is 1. The zero-order valence-corrected chi connectivity index (χ0v) is 18.5. The molecule has 0 amide bonds. The van der Waals surface area contributed by atoms with E-state index < -0.39 is 0 Å². The molecular weight excluding hydrogens is 344 g/mol. The fraction of sp³-hybridized carbons (Fsp3) is 0.760. The third-order valence-corrected chi connectivity index (χ3v) is 7.44. The first-order valence-electron chi connectivity index (χ1n) is 11.4. The van der Waals surface area contributed by atoms with E-state index in [1.165, 1.54) is 37.9 Å².